The fourth-order valence-electron chi connectivity index (χ4n) is 2.57. The number of carbonyl (C=O) groups is 1. The third-order valence-corrected chi connectivity index (χ3v) is 5.15. The summed E-state index contributed by atoms with van der Waals surface area (Å²) in [6, 6.07) is 10.6. The van der Waals surface area contributed by atoms with Crippen molar-refractivity contribution < 1.29 is 9.18 Å². The second kappa shape index (κ2) is 7.87. The standard InChI is InChI=1S/C19H20FN5OS/c1-11-5-8-17(13(3)9-11)25-19(22-23-24-25)27-14(4)18(26)21-15-7-6-12(2)16(20)10-15/h5-10,14H,1-4H3,(H,21,26)/t14-/m1/s1. The highest BCUT2D eigenvalue weighted by atomic mass is 32.2. The molecule has 0 radical (unpaired) electrons. The van der Waals surface area contributed by atoms with E-state index in [4.69, 9.17) is 0 Å². The van der Waals surface area contributed by atoms with Gasteiger partial charge in [0.05, 0.1) is 10.9 Å². The highest BCUT2D eigenvalue weighted by Gasteiger charge is 2.20. The first-order chi connectivity index (χ1) is 12.8. The topological polar surface area (TPSA) is 72.7 Å². The lowest BCUT2D eigenvalue weighted by molar-refractivity contribution is -0.115. The van der Waals surface area contributed by atoms with E-state index < -0.39 is 5.25 Å². The number of rotatable bonds is 5. The number of anilines is 1. The number of thioether (sulfide) groups is 1. The summed E-state index contributed by atoms with van der Waals surface area (Å²) in [7, 11) is 0. The smallest absolute Gasteiger partial charge is 0.237 e. The minimum atomic E-state index is -0.468. The number of carbonyl (C=O) groups excluding carboxylic acids is 1. The number of benzene rings is 2. The molecule has 1 heterocycles. The largest absolute Gasteiger partial charge is 0.325 e. The minimum absolute atomic E-state index is 0.251. The summed E-state index contributed by atoms with van der Waals surface area (Å²) in [6.07, 6.45) is 0. The molecule has 6 nitrogen and oxygen atoms in total. The van der Waals surface area contributed by atoms with Gasteiger partial charge in [-0.2, -0.15) is 4.68 Å². The molecule has 3 aromatic rings. The lowest BCUT2D eigenvalue weighted by atomic mass is 10.1. The Morgan fingerprint density at radius 2 is 1.93 bits per heavy atom. The van der Waals surface area contributed by atoms with Gasteiger partial charge in [0.2, 0.25) is 11.1 Å². The van der Waals surface area contributed by atoms with Crippen LogP contribution in [-0.2, 0) is 4.79 Å². The quantitative estimate of drug-likeness (QED) is 0.676. The van der Waals surface area contributed by atoms with Crippen LogP contribution in [0.5, 0.6) is 0 Å². The molecule has 8 heteroatoms. The Labute approximate surface area is 161 Å². The number of aromatic nitrogens is 4. The Balaban J connectivity index is 1.74. The number of nitrogens with one attached hydrogen (secondary N) is 1. The van der Waals surface area contributed by atoms with E-state index in [1.165, 1.54) is 17.8 Å². The molecule has 0 fully saturated rings. The molecule has 140 valence electrons. The van der Waals surface area contributed by atoms with E-state index in [-0.39, 0.29) is 11.7 Å². The third-order valence-electron chi connectivity index (χ3n) is 4.11. The van der Waals surface area contributed by atoms with Crippen LogP contribution in [0.3, 0.4) is 0 Å². The Morgan fingerprint density at radius 3 is 2.63 bits per heavy atom. The molecule has 27 heavy (non-hydrogen) atoms. The molecule has 1 atom stereocenters. The second-order valence-corrected chi connectivity index (χ2v) is 7.68. The fourth-order valence-corrected chi connectivity index (χ4v) is 3.37. The summed E-state index contributed by atoms with van der Waals surface area (Å²) < 4.78 is 15.3. The van der Waals surface area contributed by atoms with Gasteiger partial charge in [-0.15, -0.1) is 5.10 Å². The van der Waals surface area contributed by atoms with Crippen LogP contribution in [0.25, 0.3) is 5.69 Å². The van der Waals surface area contributed by atoms with Gasteiger partial charge in [-0.3, -0.25) is 4.79 Å². The molecule has 2 aromatic carbocycles. The van der Waals surface area contributed by atoms with Crippen LogP contribution in [0, 0.1) is 26.6 Å². The molecular weight excluding hydrogens is 365 g/mol. The van der Waals surface area contributed by atoms with Gasteiger partial charge in [-0.25, -0.2) is 4.39 Å². The van der Waals surface area contributed by atoms with Gasteiger partial charge in [0, 0.05) is 5.69 Å². The number of hydrogen-bond acceptors (Lipinski definition) is 5. The highest BCUT2D eigenvalue weighted by Crippen LogP contribution is 2.25. The summed E-state index contributed by atoms with van der Waals surface area (Å²) in [6.45, 7) is 7.44. The van der Waals surface area contributed by atoms with Gasteiger partial charge in [0.15, 0.2) is 0 Å². The summed E-state index contributed by atoms with van der Waals surface area (Å²) in [4.78, 5) is 12.5. The SMILES string of the molecule is Cc1ccc(-n2nnnc2S[C@H](C)C(=O)Nc2ccc(C)c(F)c2)c(C)c1. The van der Waals surface area contributed by atoms with Crippen molar-refractivity contribution in [2.75, 3.05) is 5.32 Å². The molecule has 0 spiro atoms. The maximum atomic E-state index is 13.7. The minimum Gasteiger partial charge on any atom is -0.325 e. The number of nitrogens with zero attached hydrogens (tertiary/aromatic N) is 4. The zero-order valence-electron chi connectivity index (χ0n) is 15.5. The van der Waals surface area contributed by atoms with Gasteiger partial charge in [-0.1, -0.05) is 35.5 Å². The number of tetrazole rings is 1. The van der Waals surface area contributed by atoms with Crippen LogP contribution < -0.4 is 5.32 Å². The molecule has 3 rings (SSSR count). The van der Waals surface area contributed by atoms with E-state index in [1.807, 2.05) is 32.0 Å². The van der Waals surface area contributed by atoms with Gasteiger partial charge < -0.3 is 5.32 Å². The monoisotopic (exact) mass is 385 g/mol. The van der Waals surface area contributed by atoms with Crippen molar-refractivity contribution in [3.63, 3.8) is 0 Å². The molecule has 0 aliphatic rings. The van der Waals surface area contributed by atoms with Crippen LogP contribution in [0.2, 0.25) is 0 Å². The number of halogens is 1. The predicted octanol–water partition coefficient (Wildman–Crippen LogP) is 3.85. The molecule has 1 amide bonds. The summed E-state index contributed by atoms with van der Waals surface area (Å²) in [5.41, 5.74) is 4.00. The van der Waals surface area contributed by atoms with E-state index in [9.17, 15) is 9.18 Å². The first-order valence-electron chi connectivity index (χ1n) is 8.45. The first kappa shape index (κ1) is 19.0. The average Bonchev–Trinajstić information content (AvgIpc) is 3.06. The molecule has 1 N–H and O–H groups in total. The summed E-state index contributed by atoms with van der Waals surface area (Å²) in [5, 5.41) is 14.6. The first-order valence-corrected chi connectivity index (χ1v) is 9.33. The van der Waals surface area contributed by atoms with Gasteiger partial charge >= 0.3 is 0 Å². The van der Waals surface area contributed by atoms with Crippen molar-refractivity contribution >= 4 is 23.4 Å². The lowest BCUT2D eigenvalue weighted by Crippen LogP contribution is -2.23. The van der Waals surface area contributed by atoms with E-state index in [1.54, 1.807) is 30.7 Å². The molecule has 0 unspecified atom stereocenters. The molecule has 0 saturated heterocycles. The van der Waals surface area contributed by atoms with Crippen molar-refractivity contribution in [1.29, 1.82) is 0 Å². The second-order valence-electron chi connectivity index (χ2n) is 6.38. The zero-order valence-corrected chi connectivity index (χ0v) is 16.3. The van der Waals surface area contributed by atoms with E-state index in [0.717, 1.165) is 16.8 Å². The summed E-state index contributed by atoms with van der Waals surface area (Å²) in [5.74, 6) is -0.606. The molecular formula is C19H20FN5OS. The maximum Gasteiger partial charge on any atom is 0.237 e. The Kier molecular flexibility index (Phi) is 5.55. The third kappa shape index (κ3) is 4.33. The highest BCUT2D eigenvalue weighted by molar-refractivity contribution is 8.00. The number of aryl methyl sites for hydroxylation is 3. The molecule has 0 aliphatic heterocycles. The normalized spacial score (nSPS) is 12.0. The summed E-state index contributed by atoms with van der Waals surface area (Å²) >= 11 is 1.24. The Morgan fingerprint density at radius 1 is 1.15 bits per heavy atom. The van der Waals surface area contributed by atoms with Gasteiger partial charge in [0.25, 0.3) is 0 Å². The van der Waals surface area contributed by atoms with E-state index in [0.29, 0.717) is 16.4 Å². The van der Waals surface area contributed by atoms with Crippen molar-refractivity contribution in [2.24, 2.45) is 0 Å². The lowest BCUT2D eigenvalue weighted by Gasteiger charge is -2.13. The zero-order chi connectivity index (χ0) is 19.6. The molecule has 0 saturated carbocycles. The van der Waals surface area contributed by atoms with E-state index in [2.05, 4.69) is 20.8 Å². The van der Waals surface area contributed by atoms with Crippen molar-refractivity contribution in [3.8, 4) is 5.69 Å². The Bertz CT molecular complexity index is 988. The van der Waals surface area contributed by atoms with Crippen LogP contribution in [0.15, 0.2) is 41.6 Å². The van der Waals surface area contributed by atoms with Crippen LogP contribution >= 0.6 is 11.8 Å². The van der Waals surface area contributed by atoms with Gasteiger partial charge in [0.1, 0.15) is 5.82 Å². The van der Waals surface area contributed by atoms with Crippen LogP contribution in [0.1, 0.15) is 23.6 Å². The molecule has 0 bridgehead atoms. The number of hydrogen-bond donors (Lipinski definition) is 1. The fraction of sp³-hybridized carbons (Fsp3) is 0.263. The predicted molar refractivity (Wildman–Crippen MR) is 104 cm³/mol. The Hall–Kier alpha value is -2.74. The average molecular weight is 385 g/mol. The molecule has 0 aliphatic carbocycles. The van der Waals surface area contributed by atoms with Crippen molar-refractivity contribution in [2.45, 2.75) is 38.1 Å². The molecule has 1 aromatic heterocycles. The van der Waals surface area contributed by atoms with Crippen molar-refractivity contribution in [3.05, 3.63) is 58.9 Å². The van der Waals surface area contributed by atoms with Gasteiger partial charge in [-0.05, 0) is 67.4 Å². The maximum absolute atomic E-state index is 13.7. The van der Waals surface area contributed by atoms with Crippen LogP contribution in [-0.4, -0.2) is 31.4 Å². The number of amides is 1. The van der Waals surface area contributed by atoms with Crippen molar-refractivity contribution in [1.82, 2.24) is 20.2 Å². The van der Waals surface area contributed by atoms with E-state index >= 15 is 0 Å². The van der Waals surface area contributed by atoms with Crippen LogP contribution in [0.4, 0.5) is 10.1 Å².